The minimum absolute atomic E-state index is 0.183. The Balaban J connectivity index is 1.91. The Morgan fingerprint density at radius 1 is 1.55 bits per heavy atom. The highest BCUT2D eigenvalue weighted by Gasteiger charge is 2.74. The van der Waals surface area contributed by atoms with Crippen molar-refractivity contribution in [3.63, 3.8) is 0 Å². The second-order valence-corrected chi connectivity index (χ2v) is 8.76. The molecule has 1 fully saturated rings. The zero-order valence-corrected chi connectivity index (χ0v) is 12.9. The average Bonchev–Trinajstić information content (AvgIpc) is 2.39. The standard InChI is InChI=1S/C13H10N2O5S2/c1-6-5-22(19,20)12-13(7-3-2-4-14-9(7)21-13)11(18)15(12)8(6)10(16)17/h2-4,12H,5H2,1H3,(H,16,17)/t12-,13?/m0/s1. The van der Waals surface area contributed by atoms with Gasteiger partial charge in [-0.25, -0.2) is 18.2 Å². The van der Waals surface area contributed by atoms with Crippen molar-refractivity contribution >= 4 is 33.5 Å². The summed E-state index contributed by atoms with van der Waals surface area (Å²) in [4.78, 5) is 29.1. The van der Waals surface area contributed by atoms with Crippen LogP contribution >= 0.6 is 11.8 Å². The van der Waals surface area contributed by atoms with E-state index in [0.29, 0.717) is 10.6 Å². The number of amides is 1. The molecule has 0 saturated carbocycles. The Bertz CT molecular complexity index is 891. The fraction of sp³-hybridized carbons (Fsp3) is 0.308. The van der Waals surface area contributed by atoms with E-state index in [2.05, 4.69) is 4.98 Å². The molecule has 0 aliphatic carbocycles. The summed E-state index contributed by atoms with van der Waals surface area (Å²) in [6.07, 6.45) is 1.57. The van der Waals surface area contributed by atoms with Crippen molar-refractivity contribution in [2.45, 2.75) is 22.1 Å². The van der Waals surface area contributed by atoms with E-state index in [1.54, 1.807) is 18.3 Å². The molecule has 4 heterocycles. The van der Waals surface area contributed by atoms with Gasteiger partial charge in [0.1, 0.15) is 10.7 Å². The van der Waals surface area contributed by atoms with Crippen LogP contribution in [-0.2, 0) is 24.2 Å². The summed E-state index contributed by atoms with van der Waals surface area (Å²) in [6.45, 7) is 1.43. The van der Waals surface area contributed by atoms with Crippen molar-refractivity contribution in [1.29, 1.82) is 0 Å². The maximum absolute atomic E-state index is 12.6. The second-order valence-electron chi connectivity index (χ2n) is 5.46. The molecule has 0 radical (unpaired) electrons. The number of carboxylic acid groups (broad SMARTS) is 1. The number of β-lactam (4-membered cyclic amide) rings is 1. The maximum atomic E-state index is 12.6. The molecule has 1 unspecified atom stereocenters. The number of aliphatic carboxylic acids is 1. The predicted octanol–water partition coefficient (Wildman–Crippen LogP) is 0.338. The van der Waals surface area contributed by atoms with Gasteiger partial charge in [-0.15, -0.1) is 0 Å². The lowest BCUT2D eigenvalue weighted by Gasteiger charge is -2.59. The van der Waals surface area contributed by atoms with Gasteiger partial charge >= 0.3 is 5.97 Å². The summed E-state index contributed by atoms with van der Waals surface area (Å²) < 4.78 is 23.8. The molecule has 0 aromatic carbocycles. The molecule has 1 aromatic heterocycles. The molecule has 0 bridgehead atoms. The van der Waals surface area contributed by atoms with E-state index in [-0.39, 0.29) is 17.0 Å². The van der Waals surface area contributed by atoms with Crippen LogP contribution in [0.5, 0.6) is 0 Å². The van der Waals surface area contributed by atoms with Crippen LogP contribution in [0.4, 0.5) is 0 Å². The van der Waals surface area contributed by atoms with Gasteiger partial charge in [0.15, 0.2) is 20.0 Å². The van der Waals surface area contributed by atoms with E-state index in [0.717, 1.165) is 16.7 Å². The minimum Gasteiger partial charge on any atom is -0.477 e. The molecule has 7 nitrogen and oxygen atoms in total. The van der Waals surface area contributed by atoms with Crippen LogP contribution in [0.3, 0.4) is 0 Å². The quantitative estimate of drug-likeness (QED) is 0.736. The lowest BCUT2D eigenvalue weighted by molar-refractivity contribution is -0.151. The Morgan fingerprint density at radius 2 is 2.27 bits per heavy atom. The topological polar surface area (TPSA) is 105 Å². The van der Waals surface area contributed by atoms with Crippen LogP contribution in [-0.4, -0.2) is 46.4 Å². The third-order valence-electron chi connectivity index (χ3n) is 4.15. The number of fused-ring (bicyclic) bond motifs is 4. The van der Waals surface area contributed by atoms with Gasteiger partial charge in [-0.05, 0) is 18.6 Å². The van der Waals surface area contributed by atoms with E-state index >= 15 is 0 Å². The van der Waals surface area contributed by atoms with Crippen LogP contribution in [0.15, 0.2) is 34.6 Å². The van der Waals surface area contributed by atoms with E-state index in [9.17, 15) is 23.1 Å². The number of hydrogen-bond donors (Lipinski definition) is 1. The number of sulfone groups is 1. The number of aromatic nitrogens is 1. The average molecular weight is 338 g/mol. The van der Waals surface area contributed by atoms with Gasteiger partial charge in [-0.1, -0.05) is 17.8 Å². The Morgan fingerprint density at radius 3 is 2.91 bits per heavy atom. The first-order valence-corrected chi connectivity index (χ1v) is 8.96. The summed E-state index contributed by atoms with van der Waals surface area (Å²) in [7, 11) is -3.65. The van der Waals surface area contributed by atoms with Gasteiger partial charge in [0.05, 0.1) is 5.75 Å². The maximum Gasteiger partial charge on any atom is 0.352 e. The van der Waals surface area contributed by atoms with Crippen molar-refractivity contribution < 1.29 is 23.1 Å². The molecular weight excluding hydrogens is 328 g/mol. The van der Waals surface area contributed by atoms with Crippen molar-refractivity contribution in [3.05, 3.63) is 35.2 Å². The fourth-order valence-corrected chi connectivity index (χ4v) is 7.35. The number of rotatable bonds is 1. The molecule has 1 N–H and O–H groups in total. The molecule has 1 amide bonds. The van der Waals surface area contributed by atoms with Crippen LogP contribution in [0.2, 0.25) is 0 Å². The molecule has 22 heavy (non-hydrogen) atoms. The van der Waals surface area contributed by atoms with Crippen molar-refractivity contribution in [3.8, 4) is 0 Å². The summed E-state index contributed by atoms with van der Waals surface area (Å²) in [5, 5.41) is 8.77. The second kappa shape index (κ2) is 3.90. The number of pyridine rings is 1. The molecule has 1 spiro atoms. The molecule has 2 atom stereocenters. The fourth-order valence-electron chi connectivity index (χ4n) is 3.34. The number of carbonyl (C=O) groups excluding carboxylic acids is 1. The van der Waals surface area contributed by atoms with Gasteiger partial charge < -0.3 is 5.11 Å². The molecule has 114 valence electrons. The zero-order chi connectivity index (χ0) is 15.9. The first-order chi connectivity index (χ1) is 10.3. The van der Waals surface area contributed by atoms with Crippen LogP contribution in [0.1, 0.15) is 12.5 Å². The smallest absolute Gasteiger partial charge is 0.352 e. The monoisotopic (exact) mass is 338 g/mol. The van der Waals surface area contributed by atoms with Crippen molar-refractivity contribution in [2.75, 3.05) is 5.75 Å². The summed E-state index contributed by atoms with van der Waals surface area (Å²) in [6, 6.07) is 3.32. The molecule has 3 aliphatic rings. The largest absolute Gasteiger partial charge is 0.477 e. The Labute approximate surface area is 129 Å². The molecule has 9 heteroatoms. The van der Waals surface area contributed by atoms with Gasteiger partial charge in [0.25, 0.3) is 5.91 Å². The van der Waals surface area contributed by atoms with Crippen molar-refractivity contribution in [1.82, 2.24) is 9.88 Å². The number of carbonyl (C=O) groups is 2. The van der Waals surface area contributed by atoms with E-state index in [1.807, 2.05) is 0 Å². The number of hydrogen-bond acceptors (Lipinski definition) is 6. The molecule has 3 aliphatic heterocycles. The van der Waals surface area contributed by atoms with Gasteiger partial charge in [0.2, 0.25) is 0 Å². The Hall–Kier alpha value is -1.87. The van der Waals surface area contributed by atoms with E-state index < -0.39 is 31.8 Å². The van der Waals surface area contributed by atoms with E-state index in [1.165, 1.54) is 6.92 Å². The lowest BCUT2D eigenvalue weighted by atomic mass is 9.87. The molecule has 1 aromatic rings. The molecule has 4 rings (SSSR count). The number of nitrogens with zero attached hydrogens (tertiary/aromatic N) is 2. The summed E-state index contributed by atoms with van der Waals surface area (Å²) in [5.41, 5.74) is 0.537. The van der Waals surface area contributed by atoms with E-state index in [4.69, 9.17) is 0 Å². The highest BCUT2D eigenvalue weighted by Crippen LogP contribution is 2.65. The SMILES string of the molecule is CC1=C(C(=O)O)N2C(=O)C3(Sc4ncccc43)[C@@H]2S(=O)(=O)C1. The first kappa shape index (κ1) is 13.8. The number of thioether (sulfide) groups is 1. The predicted molar refractivity (Wildman–Crippen MR) is 76.5 cm³/mol. The van der Waals surface area contributed by atoms with Gasteiger partial charge in [-0.2, -0.15) is 0 Å². The minimum atomic E-state index is -3.65. The zero-order valence-electron chi connectivity index (χ0n) is 11.3. The van der Waals surface area contributed by atoms with Crippen LogP contribution in [0.25, 0.3) is 0 Å². The third-order valence-corrected chi connectivity index (χ3v) is 7.84. The molecular formula is C13H10N2O5S2. The third kappa shape index (κ3) is 1.33. The highest BCUT2D eigenvalue weighted by molar-refractivity contribution is 8.04. The lowest BCUT2D eigenvalue weighted by Crippen LogP contribution is -2.76. The highest BCUT2D eigenvalue weighted by atomic mass is 32.2. The van der Waals surface area contributed by atoms with Crippen LogP contribution in [0, 0.1) is 0 Å². The first-order valence-electron chi connectivity index (χ1n) is 6.43. The normalized spacial score (nSPS) is 31.2. The van der Waals surface area contributed by atoms with Gasteiger partial charge in [-0.3, -0.25) is 9.69 Å². The number of carboxylic acids is 1. The van der Waals surface area contributed by atoms with Gasteiger partial charge in [0, 0.05) is 11.8 Å². The Kier molecular flexibility index (Phi) is 2.44. The van der Waals surface area contributed by atoms with Crippen molar-refractivity contribution in [2.24, 2.45) is 0 Å². The summed E-state index contributed by atoms with van der Waals surface area (Å²) >= 11 is 1.10. The van der Waals surface area contributed by atoms with Crippen LogP contribution < -0.4 is 0 Å². The molecule has 1 saturated heterocycles. The summed E-state index contributed by atoms with van der Waals surface area (Å²) in [5.74, 6) is -2.12.